The number of amides is 1. The van der Waals surface area contributed by atoms with Gasteiger partial charge >= 0.3 is 0 Å². The van der Waals surface area contributed by atoms with Gasteiger partial charge in [0, 0.05) is 24.9 Å². The third kappa shape index (κ3) is 3.44. The Kier molecular flexibility index (Phi) is 4.51. The third-order valence-corrected chi connectivity index (χ3v) is 5.53. The van der Waals surface area contributed by atoms with Crippen LogP contribution >= 0.6 is 0 Å². The van der Waals surface area contributed by atoms with E-state index in [4.69, 9.17) is 0 Å². The number of halogens is 1. The van der Waals surface area contributed by atoms with Gasteiger partial charge in [-0.1, -0.05) is 25.0 Å². The maximum atomic E-state index is 13.2. The van der Waals surface area contributed by atoms with Gasteiger partial charge in [0.05, 0.1) is 6.04 Å². The van der Waals surface area contributed by atoms with Crippen LogP contribution in [0.3, 0.4) is 0 Å². The second kappa shape index (κ2) is 6.95. The minimum Gasteiger partial charge on any atom is -0.335 e. The molecule has 130 valence electrons. The van der Waals surface area contributed by atoms with Crippen molar-refractivity contribution >= 4 is 5.91 Å². The summed E-state index contributed by atoms with van der Waals surface area (Å²) in [6.07, 6.45) is 8.91. The highest BCUT2D eigenvalue weighted by atomic mass is 19.1. The molecule has 2 aromatic rings. The van der Waals surface area contributed by atoms with E-state index in [1.165, 1.54) is 24.1 Å². The lowest BCUT2D eigenvalue weighted by molar-refractivity contribution is -0.135. The summed E-state index contributed by atoms with van der Waals surface area (Å²) >= 11 is 0. The number of rotatable bonds is 3. The first-order valence-corrected chi connectivity index (χ1v) is 9.20. The largest absolute Gasteiger partial charge is 0.335 e. The van der Waals surface area contributed by atoms with E-state index >= 15 is 0 Å². The van der Waals surface area contributed by atoms with E-state index in [-0.39, 0.29) is 29.6 Å². The molecule has 3 nitrogen and oxygen atoms in total. The van der Waals surface area contributed by atoms with Gasteiger partial charge in [-0.2, -0.15) is 0 Å². The molecule has 4 rings (SSSR count). The van der Waals surface area contributed by atoms with E-state index < -0.39 is 0 Å². The van der Waals surface area contributed by atoms with Crippen LogP contribution < -0.4 is 0 Å². The highest BCUT2D eigenvalue weighted by Gasteiger charge is 2.47. The molecule has 0 N–H and O–H groups in total. The van der Waals surface area contributed by atoms with Gasteiger partial charge < -0.3 is 4.90 Å². The molecular formula is C21H23FN2O. The summed E-state index contributed by atoms with van der Waals surface area (Å²) in [7, 11) is 0. The minimum absolute atomic E-state index is 0.0490. The standard InChI is InChI=1S/C21H23FN2O/c22-17-7-5-15(6-8-17)18-14-19(18)21(25)24-13-3-1-2-4-20(24)16-9-11-23-12-10-16/h5-12,18-20H,1-4,13-14H2/t18-,19-,20-/m1/s1. The molecule has 3 atom stereocenters. The van der Waals surface area contributed by atoms with E-state index in [1.807, 2.05) is 24.3 Å². The zero-order valence-electron chi connectivity index (χ0n) is 14.3. The number of pyridine rings is 1. The van der Waals surface area contributed by atoms with Crippen molar-refractivity contribution in [3.05, 3.63) is 65.7 Å². The molecule has 0 spiro atoms. The van der Waals surface area contributed by atoms with Crippen LogP contribution in [0.15, 0.2) is 48.8 Å². The number of hydrogen-bond acceptors (Lipinski definition) is 2. The first kappa shape index (κ1) is 16.2. The number of aromatic nitrogens is 1. The fourth-order valence-corrected chi connectivity index (χ4v) is 4.06. The molecule has 0 bridgehead atoms. The van der Waals surface area contributed by atoms with Crippen LogP contribution in [0.2, 0.25) is 0 Å². The van der Waals surface area contributed by atoms with Crippen LogP contribution in [0.5, 0.6) is 0 Å². The molecule has 1 aliphatic carbocycles. The molecule has 1 saturated carbocycles. The highest BCUT2D eigenvalue weighted by Crippen LogP contribution is 2.49. The molecule has 2 fully saturated rings. The quantitative estimate of drug-likeness (QED) is 0.827. The van der Waals surface area contributed by atoms with Crippen molar-refractivity contribution in [1.82, 2.24) is 9.88 Å². The summed E-state index contributed by atoms with van der Waals surface area (Å²) in [6.45, 7) is 0.832. The molecule has 1 saturated heterocycles. The third-order valence-electron chi connectivity index (χ3n) is 5.53. The number of carbonyl (C=O) groups excluding carboxylic acids is 1. The molecule has 1 aromatic heterocycles. The van der Waals surface area contributed by atoms with Crippen LogP contribution in [0.25, 0.3) is 0 Å². The Labute approximate surface area is 147 Å². The molecule has 2 heterocycles. The summed E-state index contributed by atoms with van der Waals surface area (Å²) in [6, 6.07) is 10.8. The SMILES string of the molecule is O=C([C@@H]1C[C@@H]1c1ccc(F)cc1)N1CCCCC[C@@H]1c1ccncc1. The van der Waals surface area contributed by atoms with Crippen LogP contribution in [0, 0.1) is 11.7 Å². The Morgan fingerprint density at radius 3 is 2.52 bits per heavy atom. The zero-order chi connectivity index (χ0) is 17.2. The van der Waals surface area contributed by atoms with Crippen LogP contribution in [-0.4, -0.2) is 22.3 Å². The lowest BCUT2D eigenvalue weighted by atomic mass is 10.0. The maximum Gasteiger partial charge on any atom is 0.226 e. The molecule has 2 aliphatic rings. The lowest BCUT2D eigenvalue weighted by Crippen LogP contribution is -2.36. The van der Waals surface area contributed by atoms with Gasteiger partial charge in [-0.15, -0.1) is 0 Å². The van der Waals surface area contributed by atoms with Gasteiger partial charge in [0.25, 0.3) is 0 Å². The van der Waals surface area contributed by atoms with Gasteiger partial charge in [-0.25, -0.2) is 4.39 Å². The number of hydrogen-bond donors (Lipinski definition) is 0. The molecule has 1 aromatic carbocycles. The van der Waals surface area contributed by atoms with Gasteiger partial charge in [0.15, 0.2) is 0 Å². The fraction of sp³-hybridized carbons (Fsp3) is 0.429. The Morgan fingerprint density at radius 2 is 1.76 bits per heavy atom. The van der Waals surface area contributed by atoms with Crippen LogP contribution in [0.1, 0.15) is 55.2 Å². The molecule has 0 radical (unpaired) electrons. The Balaban J connectivity index is 1.52. The normalized spacial score (nSPS) is 26.1. The van der Waals surface area contributed by atoms with Gasteiger partial charge in [-0.05, 0) is 60.6 Å². The summed E-state index contributed by atoms with van der Waals surface area (Å²) < 4.78 is 13.1. The van der Waals surface area contributed by atoms with Crippen molar-refractivity contribution in [3.63, 3.8) is 0 Å². The van der Waals surface area contributed by atoms with Crippen LogP contribution in [0.4, 0.5) is 4.39 Å². The highest BCUT2D eigenvalue weighted by molar-refractivity contribution is 5.83. The van der Waals surface area contributed by atoms with E-state index in [0.29, 0.717) is 0 Å². The number of nitrogens with zero attached hydrogens (tertiary/aromatic N) is 2. The second-order valence-electron chi connectivity index (χ2n) is 7.18. The fourth-order valence-electron chi connectivity index (χ4n) is 4.06. The predicted molar refractivity (Wildman–Crippen MR) is 94.4 cm³/mol. The van der Waals surface area contributed by atoms with E-state index in [9.17, 15) is 9.18 Å². The molecule has 4 heteroatoms. The van der Waals surface area contributed by atoms with Crippen molar-refractivity contribution in [3.8, 4) is 0 Å². The van der Waals surface area contributed by atoms with Crippen molar-refractivity contribution in [2.75, 3.05) is 6.54 Å². The van der Waals surface area contributed by atoms with Crippen molar-refractivity contribution in [1.29, 1.82) is 0 Å². The topological polar surface area (TPSA) is 33.2 Å². The van der Waals surface area contributed by atoms with E-state index in [0.717, 1.165) is 37.8 Å². The van der Waals surface area contributed by atoms with E-state index in [2.05, 4.69) is 9.88 Å². The lowest BCUT2D eigenvalue weighted by Gasteiger charge is -2.31. The average Bonchev–Trinajstić information content (AvgIpc) is 3.46. The molecule has 1 amide bonds. The maximum absolute atomic E-state index is 13.2. The summed E-state index contributed by atoms with van der Waals surface area (Å²) in [5.41, 5.74) is 2.26. The van der Waals surface area contributed by atoms with Crippen molar-refractivity contribution in [2.24, 2.45) is 5.92 Å². The van der Waals surface area contributed by atoms with Gasteiger partial charge in [-0.3, -0.25) is 9.78 Å². The molecule has 1 aliphatic heterocycles. The van der Waals surface area contributed by atoms with Crippen molar-refractivity contribution in [2.45, 2.75) is 44.1 Å². The molecule has 25 heavy (non-hydrogen) atoms. The first-order chi connectivity index (χ1) is 12.2. The first-order valence-electron chi connectivity index (χ1n) is 9.20. The van der Waals surface area contributed by atoms with Crippen molar-refractivity contribution < 1.29 is 9.18 Å². The number of benzene rings is 1. The second-order valence-corrected chi connectivity index (χ2v) is 7.18. The Hall–Kier alpha value is -2.23. The Bertz CT molecular complexity index is 731. The predicted octanol–water partition coefficient (Wildman–Crippen LogP) is 4.47. The van der Waals surface area contributed by atoms with Crippen LogP contribution in [-0.2, 0) is 4.79 Å². The monoisotopic (exact) mass is 338 g/mol. The molecular weight excluding hydrogens is 315 g/mol. The minimum atomic E-state index is -0.224. The number of likely N-dealkylation sites (tertiary alicyclic amines) is 1. The summed E-state index contributed by atoms with van der Waals surface area (Å²) in [5, 5.41) is 0. The smallest absolute Gasteiger partial charge is 0.226 e. The molecule has 0 unspecified atom stereocenters. The van der Waals surface area contributed by atoms with E-state index in [1.54, 1.807) is 12.4 Å². The average molecular weight is 338 g/mol. The zero-order valence-corrected chi connectivity index (χ0v) is 14.3. The van der Waals surface area contributed by atoms with Gasteiger partial charge in [0.1, 0.15) is 5.82 Å². The number of carbonyl (C=O) groups is 1. The summed E-state index contributed by atoms with van der Waals surface area (Å²) in [5.74, 6) is 0.331. The summed E-state index contributed by atoms with van der Waals surface area (Å²) in [4.78, 5) is 19.4. The Morgan fingerprint density at radius 1 is 1.00 bits per heavy atom. The van der Waals surface area contributed by atoms with Gasteiger partial charge in [0.2, 0.25) is 5.91 Å².